The number of hydrogen-bond acceptors (Lipinski definition) is 3. The summed E-state index contributed by atoms with van der Waals surface area (Å²) < 4.78 is 0. The van der Waals surface area contributed by atoms with Gasteiger partial charge in [0, 0.05) is 26.1 Å². The monoisotopic (exact) mass is 285 g/mol. The molecule has 1 rings (SSSR count). The van der Waals surface area contributed by atoms with Gasteiger partial charge < -0.3 is 20.6 Å². The summed E-state index contributed by atoms with van der Waals surface area (Å²) in [7, 11) is 0. The van der Waals surface area contributed by atoms with Crippen LogP contribution in [0.15, 0.2) is 0 Å². The van der Waals surface area contributed by atoms with Crippen molar-refractivity contribution in [3.8, 4) is 0 Å². The van der Waals surface area contributed by atoms with E-state index in [-0.39, 0.29) is 18.0 Å². The van der Waals surface area contributed by atoms with E-state index in [0.717, 1.165) is 0 Å². The Kier molecular flexibility index (Phi) is 5.35. The van der Waals surface area contributed by atoms with Gasteiger partial charge in [0.1, 0.15) is 5.54 Å². The molecular weight excluding hydrogens is 262 g/mol. The second-order valence-corrected chi connectivity index (χ2v) is 5.16. The van der Waals surface area contributed by atoms with Crippen LogP contribution in [0.1, 0.15) is 40.0 Å². The van der Waals surface area contributed by atoms with Crippen molar-refractivity contribution in [1.82, 2.24) is 15.5 Å². The highest BCUT2D eigenvalue weighted by Crippen LogP contribution is 2.17. The van der Waals surface area contributed by atoms with E-state index in [9.17, 15) is 19.5 Å². The minimum absolute atomic E-state index is 0.0549. The summed E-state index contributed by atoms with van der Waals surface area (Å²) in [5, 5.41) is 14.7. The minimum atomic E-state index is -1.22. The number of urea groups is 1. The number of carbonyl (C=O) groups excluding carboxylic acids is 2. The number of likely N-dealkylation sites (tertiary alicyclic amines) is 1. The maximum atomic E-state index is 12.2. The van der Waals surface area contributed by atoms with Crippen LogP contribution in [0.5, 0.6) is 0 Å². The number of nitrogens with zero attached hydrogens (tertiary/aromatic N) is 1. The molecule has 0 aromatic rings. The number of rotatable bonds is 5. The molecule has 0 aromatic carbocycles. The molecule has 1 aliphatic heterocycles. The van der Waals surface area contributed by atoms with Crippen molar-refractivity contribution in [2.75, 3.05) is 13.1 Å². The lowest BCUT2D eigenvalue weighted by Crippen LogP contribution is -2.57. The van der Waals surface area contributed by atoms with Crippen LogP contribution in [0.4, 0.5) is 4.79 Å². The third-order valence-electron chi connectivity index (χ3n) is 3.85. The topological polar surface area (TPSA) is 98.7 Å². The molecular formula is C13H23N3O4. The highest BCUT2D eigenvalue weighted by Gasteiger charge is 2.38. The summed E-state index contributed by atoms with van der Waals surface area (Å²) >= 11 is 0. The number of aliphatic carboxylic acids is 1. The van der Waals surface area contributed by atoms with Gasteiger partial charge in [0.05, 0.1) is 0 Å². The van der Waals surface area contributed by atoms with Crippen LogP contribution >= 0.6 is 0 Å². The van der Waals surface area contributed by atoms with Gasteiger partial charge in [0.2, 0.25) is 5.91 Å². The molecule has 3 N–H and O–H groups in total. The van der Waals surface area contributed by atoms with Crippen molar-refractivity contribution in [2.24, 2.45) is 0 Å². The molecule has 7 nitrogen and oxygen atoms in total. The lowest BCUT2D eigenvalue weighted by atomic mass is 9.93. The maximum absolute atomic E-state index is 12.2. The number of amides is 3. The molecule has 0 saturated carbocycles. The smallest absolute Gasteiger partial charge is 0.329 e. The summed E-state index contributed by atoms with van der Waals surface area (Å²) in [6.07, 6.45) is 1.34. The zero-order valence-corrected chi connectivity index (χ0v) is 12.2. The van der Waals surface area contributed by atoms with Crippen molar-refractivity contribution in [3.05, 3.63) is 0 Å². The zero-order chi connectivity index (χ0) is 15.3. The fourth-order valence-electron chi connectivity index (χ4n) is 2.42. The molecule has 1 heterocycles. The second kappa shape index (κ2) is 6.58. The molecule has 7 heteroatoms. The maximum Gasteiger partial charge on any atom is 0.329 e. The first-order valence-electron chi connectivity index (χ1n) is 6.92. The molecule has 20 heavy (non-hydrogen) atoms. The van der Waals surface area contributed by atoms with Gasteiger partial charge in [-0.25, -0.2) is 9.59 Å². The van der Waals surface area contributed by atoms with Gasteiger partial charge in [-0.3, -0.25) is 4.79 Å². The first-order chi connectivity index (χ1) is 9.34. The van der Waals surface area contributed by atoms with Crippen LogP contribution in [-0.2, 0) is 9.59 Å². The average molecular weight is 285 g/mol. The standard InChI is InChI=1S/C13H23N3O4/c1-4-13(5-2,11(18)19)15-12(20)16-7-6-10(8-16)14-9(3)17/h10H,4-8H2,1-3H3,(H,14,17)(H,15,20)(H,18,19). The van der Waals surface area contributed by atoms with E-state index in [0.29, 0.717) is 32.4 Å². The highest BCUT2D eigenvalue weighted by atomic mass is 16.4. The van der Waals surface area contributed by atoms with Gasteiger partial charge in [-0.2, -0.15) is 0 Å². The first kappa shape index (κ1) is 16.3. The Morgan fingerprint density at radius 1 is 1.30 bits per heavy atom. The Morgan fingerprint density at radius 2 is 1.90 bits per heavy atom. The van der Waals surface area contributed by atoms with Crippen LogP contribution in [-0.4, -0.2) is 52.6 Å². The Morgan fingerprint density at radius 3 is 2.35 bits per heavy atom. The molecule has 1 unspecified atom stereocenters. The van der Waals surface area contributed by atoms with E-state index in [1.54, 1.807) is 18.7 Å². The quantitative estimate of drug-likeness (QED) is 0.687. The van der Waals surface area contributed by atoms with E-state index in [2.05, 4.69) is 10.6 Å². The van der Waals surface area contributed by atoms with Crippen LogP contribution < -0.4 is 10.6 Å². The van der Waals surface area contributed by atoms with Gasteiger partial charge in [0.15, 0.2) is 0 Å². The largest absolute Gasteiger partial charge is 0.480 e. The van der Waals surface area contributed by atoms with Crippen LogP contribution in [0.3, 0.4) is 0 Å². The number of carbonyl (C=O) groups is 3. The van der Waals surface area contributed by atoms with Gasteiger partial charge in [-0.1, -0.05) is 13.8 Å². The molecule has 0 aromatic heterocycles. The van der Waals surface area contributed by atoms with E-state index < -0.39 is 11.5 Å². The molecule has 114 valence electrons. The Hall–Kier alpha value is -1.79. The average Bonchev–Trinajstić information content (AvgIpc) is 2.83. The summed E-state index contributed by atoms with van der Waals surface area (Å²) in [6.45, 7) is 5.84. The SMILES string of the molecule is CCC(CC)(NC(=O)N1CCC(NC(C)=O)C1)C(=O)O. The molecule has 1 atom stereocenters. The normalized spacial score (nSPS) is 18.8. The van der Waals surface area contributed by atoms with Gasteiger partial charge in [-0.05, 0) is 19.3 Å². The third kappa shape index (κ3) is 3.61. The minimum Gasteiger partial charge on any atom is -0.480 e. The van der Waals surface area contributed by atoms with Crippen molar-refractivity contribution < 1.29 is 19.5 Å². The van der Waals surface area contributed by atoms with Crippen LogP contribution in [0, 0.1) is 0 Å². The first-order valence-corrected chi connectivity index (χ1v) is 6.92. The van der Waals surface area contributed by atoms with E-state index >= 15 is 0 Å². The highest BCUT2D eigenvalue weighted by molar-refractivity contribution is 5.86. The molecule has 0 aliphatic carbocycles. The lowest BCUT2D eigenvalue weighted by Gasteiger charge is -2.30. The number of nitrogens with one attached hydrogen (secondary N) is 2. The number of carboxylic acid groups (broad SMARTS) is 1. The molecule has 1 fully saturated rings. The van der Waals surface area contributed by atoms with Gasteiger partial charge >= 0.3 is 12.0 Å². The molecule has 3 amide bonds. The summed E-state index contributed by atoms with van der Waals surface area (Å²) in [4.78, 5) is 36.0. The Balaban J connectivity index is 2.63. The molecule has 1 aliphatic rings. The molecule has 1 saturated heterocycles. The Bertz CT molecular complexity index is 393. The summed E-state index contributed by atoms with van der Waals surface area (Å²) in [6, 6.07) is -0.440. The van der Waals surface area contributed by atoms with Crippen molar-refractivity contribution in [2.45, 2.75) is 51.6 Å². The van der Waals surface area contributed by atoms with E-state index in [1.807, 2.05) is 0 Å². The molecule has 0 spiro atoms. The van der Waals surface area contributed by atoms with Crippen molar-refractivity contribution in [3.63, 3.8) is 0 Å². The lowest BCUT2D eigenvalue weighted by molar-refractivity contribution is -0.144. The van der Waals surface area contributed by atoms with E-state index in [4.69, 9.17) is 0 Å². The zero-order valence-electron chi connectivity index (χ0n) is 12.2. The fraction of sp³-hybridized carbons (Fsp3) is 0.769. The van der Waals surface area contributed by atoms with Gasteiger partial charge in [0.25, 0.3) is 0 Å². The Labute approximate surface area is 118 Å². The van der Waals surface area contributed by atoms with Gasteiger partial charge in [-0.15, -0.1) is 0 Å². The fourth-order valence-corrected chi connectivity index (χ4v) is 2.42. The second-order valence-electron chi connectivity index (χ2n) is 5.16. The number of hydrogen-bond donors (Lipinski definition) is 3. The third-order valence-corrected chi connectivity index (χ3v) is 3.85. The van der Waals surface area contributed by atoms with Crippen LogP contribution in [0.25, 0.3) is 0 Å². The molecule has 0 bridgehead atoms. The summed E-state index contributed by atoms with van der Waals surface area (Å²) in [5.41, 5.74) is -1.22. The van der Waals surface area contributed by atoms with Crippen LogP contribution in [0.2, 0.25) is 0 Å². The summed E-state index contributed by atoms with van der Waals surface area (Å²) in [5.74, 6) is -1.15. The predicted octanol–water partition coefficient (Wildman–Crippen LogP) is 0.550. The predicted molar refractivity (Wildman–Crippen MR) is 73.3 cm³/mol. The molecule has 0 radical (unpaired) electrons. The van der Waals surface area contributed by atoms with Crippen molar-refractivity contribution >= 4 is 17.9 Å². The number of carboxylic acids is 1. The van der Waals surface area contributed by atoms with Crippen molar-refractivity contribution in [1.29, 1.82) is 0 Å². The van der Waals surface area contributed by atoms with E-state index in [1.165, 1.54) is 6.92 Å².